The average Bonchev–Trinajstić information content (AvgIpc) is 2.56. The molecule has 0 spiro atoms. The van der Waals surface area contributed by atoms with E-state index in [0.29, 0.717) is 10.7 Å². The summed E-state index contributed by atoms with van der Waals surface area (Å²) in [7, 11) is 1.66. The van der Waals surface area contributed by atoms with Crippen LogP contribution >= 0.6 is 12.2 Å². The Kier molecular flexibility index (Phi) is 5.75. The molecule has 0 heterocycles. The fourth-order valence-corrected chi connectivity index (χ4v) is 2.17. The molecule has 0 unspecified atom stereocenters. The van der Waals surface area contributed by atoms with E-state index < -0.39 is 0 Å². The van der Waals surface area contributed by atoms with Gasteiger partial charge in [-0.3, -0.25) is 0 Å². The molecular formula is C17H17N3OS. The minimum Gasteiger partial charge on any atom is -0.497 e. The summed E-state index contributed by atoms with van der Waals surface area (Å²) in [6, 6.07) is 17.2. The lowest BCUT2D eigenvalue weighted by Gasteiger charge is -2.11. The molecule has 0 amide bonds. The molecule has 0 atom stereocenters. The minimum absolute atomic E-state index is 0.563. The third kappa shape index (κ3) is 4.76. The van der Waals surface area contributed by atoms with Gasteiger partial charge in [-0.05, 0) is 60.6 Å². The van der Waals surface area contributed by atoms with E-state index in [-0.39, 0.29) is 0 Å². The van der Waals surface area contributed by atoms with Crippen LogP contribution < -0.4 is 15.4 Å². The molecule has 22 heavy (non-hydrogen) atoms. The van der Waals surface area contributed by atoms with Gasteiger partial charge in [-0.25, -0.2) is 0 Å². The van der Waals surface area contributed by atoms with Crippen molar-refractivity contribution < 1.29 is 4.74 Å². The molecule has 0 aromatic heterocycles. The molecular weight excluding hydrogens is 294 g/mol. The van der Waals surface area contributed by atoms with Gasteiger partial charge in [0.05, 0.1) is 18.7 Å². The van der Waals surface area contributed by atoms with Crippen molar-refractivity contribution in [2.24, 2.45) is 0 Å². The number of anilines is 1. The van der Waals surface area contributed by atoms with Gasteiger partial charge < -0.3 is 15.4 Å². The fourth-order valence-electron chi connectivity index (χ4n) is 1.95. The standard InChI is InChI=1S/C17H17N3OS/c1-21-16-4-2-3-13(11-16)9-10-19-17(22)20-15-7-5-14(12-18)6-8-15/h2-8,11H,9-10H2,1H3,(H2,19,20,22). The summed E-state index contributed by atoms with van der Waals surface area (Å²) in [5.74, 6) is 0.857. The molecule has 0 fully saturated rings. The van der Waals surface area contributed by atoms with Crippen LogP contribution in [0.25, 0.3) is 0 Å². The van der Waals surface area contributed by atoms with E-state index in [1.807, 2.05) is 30.3 Å². The average molecular weight is 311 g/mol. The first-order valence-corrected chi connectivity index (χ1v) is 7.30. The molecule has 2 rings (SSSR count). The van der Waals surface area contributed by atoms with Crippen molar-refractivity contribution in [3.63, 3.8) is 0 Å². The number of ether oxygens (including phenoxy) is 1. The highest BCUT2D eigenvalue weighted by atomic mass is 32.1. The number of benzene rings is 2. The lowest BCUT2D eigenvalue weighted by molar-refractivity contribution is 0.414. The third-order valence-electron chi connectivity index (χ3n) is 3.11. The topological polar surface area (TPSA) is 57.1 Å². The zero-order chi connectivity index (χ0) is 15.8. The second kappa shape index (κ2) is 8.01. The van der Waals surface area contributed by atoms with Crippen LogP contribution in [0.2, 0.25) is 0 Å². The fraction of sp³-hybridized carbons (Fsp3) is 0.176. The number of hydrogen-bond donors (Lipinski definition) is 2. The maximum Gasteiger partial charge on any atom is 0.170 e. The van der Waals surface area contributed by atoms with Gasteiger partial charge in [-0.15, -0.1) is 0 Å². The van der Waals surface area contributed by atoms with E-state index in [9.17, 15) is 0 Å². The van der Waals surface area contributed by atoms with Crippen LogP contribution in [0.15, 0.2) is 48.5 Å². The Morgan fingerprint density at radius 2 is 2.00 bits per heavy atom. The lowest BCUT2D eigenvalue weighted by Crippen LogP contribution is -2.30. The highest BCUT2D eigenvalue weighted by Crippen LogP contribution is 2.12. The smallest absolute Gasteiger partial charge is 0.170 e. The van der Waals surface area contributed by atoms with Crippen molar-refractivity contribution in [1.29, 1.82) is 5.26 Å². The van der Waals surface area contributed by atoms with Gasteiger partial charge in [-0.1, -0.05) is 12.1 Å². The number of thiocarbonyl (C=S) groups is 1. The Balaban J connectivity index is 1.78. The van der Waals surface area contributed by atoms with Gasteiger partial charge in [0.2, 0.25) is 0 Å². The Labute approximate surface area is 135 Å². The quantitative estimate of drug-likeness (QED) is 0.831. The van der Waals surface area contributed by atoms with Gasteiger partial charge in [0.15, 0.2) is 5.11 Å². The van der Waals surface area contributed by atoms with Crippen molar-refractivity contribution in [2.45, 2.75) is 6.42 Å². The molecule has 2 aromatic carbocycles. The summed E-state index contributed by atoms with van der Waals surface area (Å²) in [6.07, 6.45) is 0.854. The van der Waals surface area contributed by atoms with Crippen molar-refractivity contribution in [3.05, 3.63) is 59.7 Å². The van der Waals surface area contributed by atoms with E-state index in [2.05, 4.69) is 22.8 Å². The van der Waals surface area contributed by atoms with E-state index in [1.54, 1.807) is 19.2 Å². The Morgan fingerprint density at radius 3 is 2.68 bits per heavy atom. The maximum absolute atomic E-state index is 8.75. The van der Waals surface area contributed by atoms with Gasteiger partial charge in [0.1, 0.15) is 5.75 Å². The first kappa shape index (κ1) is 15.8. The number of hydrogen-bond acceptors (Lipinski definition) is 3. The molecule has 0 saturated heterocycles. The number of nitrogens with one attached hydrogen (secondary N) is 2. The number of methoxy groups -OCH3 is 1. The van der Waals surface area contributed by atoms with E-state index in [0.717, 1.165) is 24.4 Å². The SMILES string of the molecule is COc1cccc(CCNC(=S)Nc2ccc(C#N)cc2)c1. The minimum atomic E-state index is 0.563. The van der Waals surface area contributed by atoms with E-state index in [1.165, 1.54) is 5.56 Å². The predicted octanol–water partition coefficient (Wildman–Crippen LogP) is 3.10. The van der Waals surface area contributed by atoms with Crippen molar-refractivity contribution >= 4 is 23.0 Å². The summed E-state index contributed by atoms with van der Waals surface area (Å²) in [5, 5.41) is 15.6. The normalized spacial score (nSPS) is 9.64. The largest absolute Gasteiger partial charge is 0.497 e. The summed E-state index contributed by atoms with van der Waals surface area (Å²) >= 11 is 5.25. The third-order valence-corrected chi connectivity index (χ3v) is 3.35. The molecule has 0 bridgehead atoms. The summed E-state index contributed by atoms with van der Waals surface area (Å²) < 4.78 is 5.20. The number of nitrogens with zero attached hydrogens (tertiary/aromatic N) is 1. The van der Waals surface area contributed by atoms with Crippen molar-refractivity contribution in [2.75, 3.05) is 19.0 Å². The van der Waals surface area contributed by atoms with Crippen LogP contribution in [0.1, 0.15) is 11.1 Å². The molecule has 0 aliphatic rings. The summed E-state index contributed by atoms with van der Waals surface area (Å²) in [6.45, 7) is 0.731. The lowest BCUT2D eigenvalue weighted by atomic mass is 10.1. The molecule has 2 aromatic rings. The molecule has 4 nitrogen and oxygen atoms in total. The zero-order valence-corrected chi connectivity index (χ0v) is 13.1. The van der Waals surface area contributed by atoms with E-state index >= 15 is 0 Å². The Bertz CT molecular complexity index is 677. The van der Waals surface area contributed by atoms with Crippen LogP contribution in [0.4, 0.5) is 5.69 Å². The van der Waals surface area contributed by atoms with E-state index in [4.69, 9.17) is 22.2 Å². The van der Waals surface area contributed by atoms with Crippen molar-refractivity contribution in [3.8, 4) is 11.8 Å². The maximum atomic E-state index is 8.75. The van der Waals surface area contributed by atoms with Crippen molar-refractivity contribution in [1.82, 2.24) is 5.32 Å². The monoisotopic (exact) mass is 311 g/mol. The van der Waals surface area contributed by atoms with Crippen LogP contribution in [-0.4, -0.2) is 18.8 Å². The van der Waals surface area contributed by atoms with Crippen LogP contribution in [-0.2, 0) is 6.42 Å². The molecule has 5 heteroatoms. The highest BCUT2D eigenvalue weighted by Gasteiger charge is 1.99. The summed E-state index contributed by atoms with van der Waals surface area (Å²) in [5.41, 5.74) is 2.67. The van der Waals surface area contributed by atoms with Gasteiger partial charge in [0, 0.05) is 12.2 Å². The second-order valence-electron chi connectivity index (χ2n) is 4.67. The first-order chi connectivity index (χ1) is 10.7. The molecule has 0 radical (unpaired) electrons. The van der Waals surface area contributed by atoms with Gasteiger partial charge >= 0.3 is 0 Å². The van der Waals surface area contributed by atoms with Crippen LogP contribution in [0.3, 0.4) is 0 Å². The molecule has 0 aliphatic heterocycles. The number of rotatable bonds is 5. The molecule has 0 aliphatic carbocycles. The summed E-state index contributed by atoms with van der Waals surface area (Å²) in [4.78, 5) is 0. The Hall–Kier alpha value is -2.58. The highest BCUT2D eigenvalue weighted by molar-refractivity contribution is 7.80. The van der Waals surface area contributed by atoms with Crippen LogP contribution in [0.5, 0.6) is 5.75 Å². The van der Waals surface area contributed by atoms with Crippen LogP contribution in [0, 0.1) is 11.3 Å². The number of nitriles is 1. The predicted molar refractivity (Wildman–Crippen MR) is 92.1 cm³/mol. The molecule has 112 valence electrons. The first-order valence-electron chi connectivity index (χ1n) is 6.89. The van der Waals surface area contributed by atoms with Gasteiger partial charge in [0.25, 0.3) is 0 Å². The Morgan fingerprint density at radius 1 is 1.23 bits per heavy atom. The molecule has 2 N–H and O–H groups in total. The van der Waals surface area contributed by atoms with Gasteiger partial charge in [-0.2, -0.15) is 5.26 Å². The molecule has 0 saturated carbocycles. The zero-order valence-electron chi connectivity index (χ0n) is 12.3. The second-order valence-corrected chi connectivity index (χ2v) is 5.08.